The molecule has 0 saturated carbocycles. The van der Waals surface area contributed by atoms with Crippen molar-refractivity contribution in [2.45, 2.75) is 11.3 Å². The van der Waals surface area contributed by atoms with Gasteiger partial charge < -0.3 is 5.32 Å². The van der Waals surface area contributed by atoms with Gasteiger partial charge in [-0.2, -0.15) is 4.31 Å². The topological polar surface area (TPSA) is 49.4 Å². The van der Waals surface area contributed by atoms with Crippen LogP contribution in [-0.4, -0.2) is 38.9 Å². The van der Waals surface area contributed by atoms with E-state index in [1.165, 1.54) is 0 Å². The van der Waals surface area contributed by atoms with Crippen molar-refractivity contribution < 1.29 is 8.42 Å². The second kappa shape index (κ2) is 6.16. The van der Waals surface area contributed by atoms with Crippen molar-refractivity contribution in [3.8, 4) is 0 Å². The van der Waals surface area contributed by atoms with Crippen LogP contribution in [0.5, 0.6) is 0 Å². The van der Waals surface area contributed by atoms with Crippen LogP contribution in [0.25, 0.3) is 21.5 Å². The summed E-state index contributed by atoms with van der Waals surface area (Å²) in [6, 6.07) is 17.5. The normalized spacial score (nSPS) is 17.2. The number of sulfonamides is 1. The minimum absolute atomic E-state index is 0.443. The lowest BCUT2D eigenvalue weighted by molar-refractivity contribution is 0.433. The Kier molecular flexibility index (Phi) is 4.00. The predicted molar refractivity (Wildman–Crippen MR) is 97.7 cm³/mol. The Morgan fingerprint density at radius 2 is 1.46 bits per heavy atom. The molecule has 4 rings (SSSR count). The van der Waals surface area contributed by atoms with E-state index in [-0.39, 0.29) is 0 Å². The summed E-state index contributed by atoms with van der Waals surface area (Å²) in [7, 11) is -3.55. The number of nitrogens with zero attached hydrogens (tertiary/aromatic N) is 1. The molecule has 4 nitrogen and oxygen atoms in total. The standard InChI is InChI=1S/C19H20N2O2S/c22-24(23,21-12-5-10-20-11-13-21)19-17-8-3-1-6-15(17)14-16-7-2-4-9-18(16)19/h1-4,6-9,14,20H,5,10-13H2. The van der Waals surface area contributed by atoms with E-state index >= 15 is 0 Å². The highest BCUT2D eigenvalue weighted by Gasteiger charge is 2.28. The molecule has 0 atom stereocenters. The maximum atomic E-state index is 13.5. The zero-order valence-corrected chi connectivity index (χ0v) is 14.2. The van der Waals surface area contributed by atoms with Gasteiger partial charge in [-0.3, -0.25) is 0 Å². The van der Waals surface area contributed by atoms with Crippen LogP contribution in [0.2, 0.25) is 0 Å². The van der Waals surface area contributed by atoms with Gasteiger partial charge in [0.2, 0.25) is 10.0 Å². The van der Waals surface area contributed by atoms with Gasteiger partial charge in [0, 0.05) is 30.4 Å². The smallest absolute Gasteiger partial charge is 0.244 e. The zero-order chi connectivity index (χ0) is 16.6. The Morgan fingerprint density at radius 3 is 2.12 bits per heavy atom. The molecule has 124 valence electrons. The first-order valence-electron chi connectivity index (χ1n) is 8.29. The van der Waals surface area contributed by atoms with Crippen LogP contribution in [0.15, 0.2) is 59.5 Å². The van der Waals surface area contributed by atoms with Gasteiger partial charge in [-0.05, 0) is 29.8 Å². The van der Waals surface area contributed by atoms with Crippen LogP contribution >= 0.6 is 0 Å². The summed E-state index contributed by atoms with van der Waals surface area (Å²) in [5.74, 6) is 0. The Balaban J connectivity index is 2.02. The number of hydrogen-bond acceptors (Lipinski definition) is 3. The van der Waals surface area contributed by atoms with Crippen molar-refractivity contribution in [1.82, 2.24) is 9.62 Å². The molecule has 1 saturated heterocycles. The molecule has 1 N–H and O–H groups in total. The molecule has 1 aliphatic heterocycles. The average Bonchev–Trinajstić information content (AvgIpc) is 2.89. The fraction of sp³-hybridized carbons (Fsp3) is 0.263. The van der Waals surface area contributed by atoms with Crippen molar-refractivity contribution in [2.24, 2.45) is 0 Å². The van der Waals surface area contributed by atoms with E-state index in [1.54, 1.807) is 4.31 Å². The third-order valence-electron chi connectivity index (χ3n) is 4.62. The quantitative estimate of drug-likeness (QED) is 0.730. The SMILES string of the molecule is O=S(=O)(c1c2ccccc2cc2ccccc12)N1CCCNCC1. The molecule has 0 amide bonds. The molecule has 0 bridgehead atoms. The molecule has 0 unspecified atom stereocenters. The van der Waals surface area contributed by atoms with E-state index < -0.39 is 10.0 Å². The second-order valence-electron chi connectivity index (χ2n) is 6.16. The summed E-state index contributed by atoms with van der Waals surface area (Å²) in [4.78, 5) is 0.443. The number of fused-ring (bicyclic) bond motifs is 2. The van der Waals surface area contributed by atoms with Gasteiger partial charge in [-0.15, -0.1) is 0 Å². The Labute approximate surface area is 142 Å². The third kappa shape index (κ3) is 2.59. The Hall–Kier alpha value is -1.95. The van der Waals surface area contributed by atoms with Gasteiger partial charge in [0.1, 0.15) is 0 Å². The molecule has 1 aliphatic rings. The van der Waals surface area contributed by atoms with E-state index in [9.17, 15) is 8.42 Å². The maximum Gasteiger partial charge on any atom is 0.244 e. The summed E-state index contributed by atoms with van der Waals surface area (Å²) < 4.78 is 28.6. The van der Waals surface area contributed by atoms with Crippen molar-refractivity contribution in [1.29, 1.82) is 0 Å². The van der Waals surface area contributed by atoms with Gasteiger partial charge in [0.15, 0.2) is 0 Å². The predicted octanol–water partition coefficient (Wildman–Crippen LogP) is 2.98. The summed E-state index contributed by atoms with van der Waals surface area (Å²) in [6.07, 6.45) is 0.835. The van der Waals surface area contributed by atoms with E-state index in [0.717, 1.165) is 34.5 Å². The minimum atomic E-state index is -3.55. The van der Waals surface area contributed by atoms with Crippen LogP contribution in [0.3, 0.4) is 0 Å². The van der Waals surface area contributed by atoms with E-state index in [1.807, 2.05) is 48.5 Å². The highest BCUT2D eigenvalue weighted by Crippen LogP contribution is 2.33. The van der Waals surface area contributed by atoms with Crippen molar-refractivity contribution in [3.05, 3.63) is 54.6 Å². The third-order valence-corrected chi connectivity index (χ3v) is 6.62. The molecule has 1 fully saturated rings. The van der Waals surface area contributed by atoms with Crippen molar-refractivity contribution in [3.63, 3.8) is 0 Å². The molecule has 0 radical (unpaired) electrons. The summed E-state index contributed by atoms with van der Waals surface area (Å²) >= 11 is 0. The highest BCUT2D eigenvalue weighted by atomic mass is 32.2. The Morgan fingerprint density at radius 1 is 0.833 bits per heavy atom. The molecular formula is C19H20N2O2S. The molecule has 0 aliphatic carbocycles. The minimum Gasteiger partial charge on any atom is -0.315 e. The first kappa shape index (κ1) is 15.6. The fourth-order valence-electron chi connectivity index (χ4n) is 3.44. The monoisotopic (exact) mass is 340 g/mol. The number of rotatable bonds is 2. The molecule has 24 heavy (non-hydrogen) atoms. The van der Waals surface area contributed by atoms with Gasteiger partial charge in [0.25, 0.3) is 0 Å². The van der Waals surface area contributed by atoms with Crippen LogP contribution < -0.4 is 5.32 Å². The first-order valence-corrected chi connectivity index (χ1v) is 9.73. The molecular weight excluding hydrogens is 320 g/mol. The Bertz CT molecular complexity index is 937. The molecule has 3 aromatic carbocycles. The van der Waals surface area contributed by atoms with Gasteiger partial charge in [-0.1, -0.05) is 48.5 Å². The van der Waals surface area contributed by atoms with Crippen LogP contribution in [0.4, 0.5) is 0 Å². The van der Waals surface area contributed by atoms with E-state index in [0.29, 0.717) is 24.5 Å². The lowest BCUT2D eigenvalue weighted by atomic mass is 10.0. The average molecular weight is 340 g/mol. The summed E-state index contributed by atoms with van der Waals surface area (Å²) in [6.45, 7) is 2.64. The lowest BCUT2D eigenvalue weighted by Gasteiger charge is -2.22. The molecule has 1 heterocycles. The van der Waals surface area contributed by atoms with E-state index in [2.05, 4.69) is 11.4 Å². The van der Waals surface area contributed by atoms with Crippen LogP contribution in [-0.2, 0) is 10.0 Å². The number of hydrogen-bond donors (Lipinski definition) is 1. The van der Waals surface area contributed by atoms with Gasteiger partial charge >= 0.3 is 0 Å². The van der Waals surface area contributed by atoms with Crippen molar-refractivity contribution in [2.75, 3.05) is 26.2 Å². The molecule has 3 aromatic rings. The fourth-order valence-corrected chi connectivity index (χ4v) is 5.33. The summed E-state index contributed by atoms with van der Waals surface area (Å²) in [5.41, 5.74) is 0. The van der Waals surface area contributed by atoms with Crippen LogP contribution in [0.1, 0.15) is 6.42 Å². The largest absolute Gasteiger partial charge is 0.315 e. The van der Waals surface area contributed by atoms with E-state index in [4.69, 9.17) is 0 Å². The van der Waals surface area contributed by atoms with Gasteiger partial charge in [0.05, 0.1) is 4.90 Å². The molecule has 0 spiro atoms. The van der Waals surface area contributed by atoms with Crippen LogP contribution in [0, 0.1) is 0 Å². The molecule has 5 heteroatoms. The number of nitrogens with one attached hydrogen (secondary N) is 1. The lowest BCUT2D eigenvalue weighted by Crippen LogP contribution is -2.34. The maximum absolute atomic E-state index is 13.5. The highest BCUT2D eigenvalue weighted by molar-refractivity contribution is 7.89. The summed E-state index contributed by atoms with van der Waals surface area (Å²) in [5, 5.41) is 6.79. The number of benzene rings is 3. The zero-order valence-electron chi connectivity index (χ0n) is 13.4. The first-order chi connectivity index (χ1) is 11.7. The molecule has 0 aromatic heterocycles. The van der Waals surface area contributed by atoms with Gasteiger partial charge in [-0.25, -0.2) is 8.42 Å². The second-order valence-corrected chi connectivity index (χ2v) is 8.03. The van der Waals surface area contributed by atoms with Crippen molar-refractivity contribution >= 4 is 31.6 Å².